The fraction of sp³-hybridized carbons (Fsp3) is 0.933. The van der Waals surface area contributed by atoms with Crippen molar-refractivity contribution >= 4 is 5.97 Å². The summed E-state index contributed by atoms with van der Waals surface area (Å²) in [4.78, 5) is 14.6. The topological polar surface area (TPSA) is 41.6 Å². The number of esters is 1. The number of carbonyl (C=O) groups is 1. The van der Waals surface area contributed by atoms with Crippen molar-refractivity contribution in [3.8, 4) is 0 Å². The van der Waals surface area contributed by atoms with Gasteiger partial charge < -0.3 is 10.1 Å². The van der Waals surface area contributed by atoms with Crippen molar-refractivity contribution in [3.05, 3.63) is 0 Å². The summed E-state index contributed by atoms with van der Waals surface area (Å²) in [7, 11) is 1.52. The highest BCUT2D eigenvalue weighted by Crippen LogP contribution is 2.33. The zero-order valence-electron chi connectivity index (χ0n) is 12.4. The Balaban J connectivity index is 2.03. The third kappa shape index (κ3) is 3.93. The van der Waals surface area contributed by atoms with Crippen LogP contribution in [0.1, 0.15) is 39.0 Å². The molecule has 1 heterocycles. The first-order valence-corrected chi connectivity index (χ1v) is 7.75. The van der Waals surface area contributed by atoms with E-state index < -0.39 is 0 Å². The van der Waals surface area contributed by atoms with E-state index in [1.165, 1.54) is 32.8 Å². The van der Waals surface area contributed by atoms with Crippen LogP contribution in [0.3, 0.4) is 0 Å². The maximum Gasteiger partial charge on any atom is 0.323 e. The summed E-state index contributed by atoms with van der Waals surface area (Å²) in [6, 6.07) is -0.0163. The number of rotatable bonds is 3. The van der Waals surface area contributed by atoms with Crippen LogP contribution in [0.25, 0.3) is 0 Å². The Morgan fingerprint density at radius 3 is 2.63 bits per heavy atom. The van der Waals surface area contributed by atoms with E-state index in [4.69, 9.17) is 4.74 Å². The lowest BCUT2D eigenvalue weighted by atomic mass is 9.78. The average molecular weight is 268 g/mol. The van der Waals surface area contributed by atoms with E-state index in [9.17, 15) is 4.79 Å². The summed E-state index contributed by atoms with van der Waals surface area (Å²) in [5, 5.41) is 3.41. The molecule has 4 nitrogen and oxygen atoms in total. The van der Waals surface area contributed by atoms with Crippen molar-refractivity contribution in [2.45, 2.75) is 45.1 Å². The monoisotopic (exact) mass is 268 g/mol. The minimum absolute atomic E-state index is 0.0163. The third-order valence-corrected chi connectivity index (χ3v) is 4.72. The minimum Gasteiger partial charge on any atom is -0.468 e. The van der Waals surface area contributed by atoms with Crippen molar-refractivity contribution < 1.29 is 9.53 Å². The molecule has 4 heteroatoms. The van der Waals surface area contributed by atoms with Gasteiger partial charge in [-0.1, -0.05) is 19.8 Å². The highest BCUT2D eigenvalue weighted by Gasteiger charge is 2.36. The molecule has 1 aliphatic heterocycles. The van der Waals surface area contributed by atoms with Gasteiger partial charge in [0.1, 0.15) is 6.04 Å². The Labute approximate surface area is 116 Å². The van der Waals surface area contributed by atoms with E-state index in [-0.39, 0.29) is 12.0 Å². The van der Waals surface area contributed by atoms with E-state index in [0.717, 1.165) is 38.5 Å². The highest BCUT2D eigenvalue weighted by molar-refractivity contribution is 5.76. The van der Waals surface area contributed by atoms with Crippen LogP contribution < -0.4 is 5.32 Å². The maximum absolute atomic E-state index is 12.2. The molecule has 0 amide bonds. The van der Waals surface area contributed by atoms with E-state index >= 15 is 0 Å². The van der Waals surface area contributed by atoms with Gasteiger partial charge in [-0.3, -0.25) is 9.69 Å². The Bertz CT molecular complexity index is 280. The zero-order valence-corrected chi connectivity index (χ0v) is 12.4. The van der Waals surface area contributed by atoms with Crippen molar-refractivity contribution in [3.63, 3.8) is 0 Å². The molecule has 0 radical (unpaired) electrons. The number of hydrogen-bond acceptors (Lipinski definition) is 4. The predicted molar refractivity (Wildman–Crippen MR) is 76.0 cm³/mol. The molecule has 1 saturated heterocycles. The van der Waals surface area contributed by atoms with Gasteiger partial charge in [0.2, 0.25) is 0 Å². The van der Waals surface area contributed by atoms with Gasteiger partial charge in [-0.2, -0.15) is 0 Å². The number of nitrogens with one attached hydrogen (secondary N) is 1. The van der Waals surface area contributed by atoms with Gasteiger partial charge in [0.25, 0.3) is 0 Å². The molecule has 1 unspecified atom stereocenters. The summed E-state index contributed by atoms with van der Waals surface area (Å²) in [6.07, 6.45) is 5.97. The molecule has 0 aromatic heterocycles. The minimum atomic E-state index is -0.0264. The second kappa shape index (κ2) is 7.25. The number of ether oxygens (including phenoxy) is 1. The van der Waals surface area contributed by atoms with Crippen LogP contribution in [0.15, 0.2) is 0 Å². The second-order valence-electron chi connectivity index (χ2n) is 6.13. The molecule has 110 valence electrons. The predicted octanol–water partition coefficient (Wildman–Crippen LogP) is 1.65. The third-order valence-electron chi connectivity index (χ3n) is 4.72. The number of carbonyl (C=O) groups excluding carboxylic acids is 1. The summed E-state index contributed by atoms with van der Waals surface area (Å²) in [6.45, 7) is 6.34. The number of hydrogen-bond donors (Lipinski definition) is 1. The molecule has 2 rings (SSSR count). The SMILES string of the molecule is COC(=O)C(C1CCC(C)CC1)N1CCCNCC1. The summed E-state index contributed by atoms with van der Waals surface area (Å²) < 4.78 is 5.09. The first kappa shape index (κ1) is 14.8. The Kier molecular flexibility index (Phi) is 5.64. The molecule has 1 saturated carbocycles. The molecule has 0 bridgehead atoms. The number of nitrogens with zero attached hydrogens (tertiary/aromatic N) is 1. The van der Waals surface area contributed by atoms with Gasteiger partial charge in [-0.05, 0) is 37.6 Å². The van der Waals surface area contributed by atoms with Gasteiger partial charge >= 0.3 is 5.97 Å². The maximum atomic E-state index is 12.2. The molecule has 1 aliphatic carbocycles. The lowest BCUT2D eigenvalue weighted by Gasteiger charge is -2.37. The second-order valence-corrected chi connectivity index (χ2v) is 6.13. The normalized spacial score (nSPS) is 31.5. The summed E-state index contributed by atoms with van der Waals surface area (Å²) >= 11 is 0. The molecule has 0 spiro atoms. The fourth-order valence-corrected chi connectivity index (χ4v) is 3.51. The van der Waals surface area contributed by atoms with Crippen molar-refractivity contribution in [1.82, 2.24) is 10.2 Å². The molecule has 2 fully saturated rings. The Morgan fingerprint density at radius 2 is 1.95 bits per heavy atom. The van der Waals surface area contributed by atoms with Crippen LogP contribution in [-0.2, 0) is 9.53 Å². The lowest BCUT2D eigenvalue weighted by Crippen LogP contribution is -2.49. The van der Waals surface area contributed by atoms with Gasteiger partial charge in [-0.25, -0.2) is 0 Å². The van der Waals surface area contributed by atoms with Crippen molar-refractivity contribution in [2.75, 3.05) is 33.3 Å². The first-order valence-electron chi connectivity index (χ1n) is 7.75. The van der Waals surface area contributed by atoms with Gasteiger partial charge in [0.05, 0.1) is 7.11 Å². The van der Waals surface area contributed by atoms with Crippen LogP contribution in [0, 0.1) is 11.8 Å². The van der Waals surface area contributed by atoms with Crippen molar-refractivity contribution in [2.24, 2.45) is 11.8 Å². The van der Waals surface area contributed by atoms with Crippen LogP contribution in [0.2, 0.25) is 0 Å². The summed E-state index contributed by atoms with van der Waals surface area (Å²) in [5.41, 5.74) is 0. The first-order chi connectivity index (χ1) is 9.22. The van der Waals surface area contributed by atoms with E-state index in [1.807, 2.05) is 0 Å². The van der Waals surface area contributed by atoms with Crippen LogP contribution in [0.5, 0.6) is 0 Å². The fourth-order valence-electron chi connectivity index (χ4n) is 3.51. The molecule has 2 aliphatic rings. The van der Waals surface area contributed by atoms with Gasteiger partial charge in [0, 0.05) is 19.6 Å². The molecule has 1 N–H and O–H groups in total. The Hall–Kier alpha value is -0.610. The lowest BCUT2D eigenvalue weighted by molar-refractivity contribution is -0.150. The molecular weight excluding hydrogens is 240 g/mol. The molecule has 1 atom stereocenters. The van der Waals surface area contributed by atoms with Gasteiger partial charge in [-0.15, -0.1) is 0 Å². The molecule has 19 heavy (non-hydrogen) atoms. The van der Waals surface area contributed by atoms with Crippen LogP contribution >= 0.6 is 0 Å². The average Bonchev–Trinajstić information content (AvgIpc) is 2.70. The van der Waals surface area contributed by atoms with Crippen LogP contribution in [-0.4, -0.2) is 50.2 Å². The van der Waals surface area contributed by atoms with E-state index in [0.29, 0.717) is 5.92 Å². The summed E-state index contributed by atoms with van der Waals surface area (Å²) in [5.74, 6) is 1.28. The zero-order chi connectivity index (χ0) is 13.7. The quantitative estimate of drug-likeness (QED) is 0.790. The molecular formula is C15H28N2O2. The van der Waals surface area contributed by atoms with Gasteiger partial charge in [0.15, 0.2) is 0 Å². The largest absolute Gasteiger partial charge is 0.468 e. The van der Waals surface area contributed by atoms with Crippen molar-refractivity contribution in [1.29, 1.82) is 0 Å². The molecule has 0 aromatic rings. The Morgan fingerprint density at radius 1 is 1.21 bits per heavy atom. The van der Waals surface area contributed by atoms with E-state index in [2.05, 4.69) is 17.1 Å². The standard InChI is InChI=1S/C15H28N2O2/c1-12-4-6-13(7-5-12)14(15(18)19-2)17-10-3-8-16-9-11-17/h12-14,16H,3-11H2,1-2H3. The van der Waals surface area contributed by atoms with Crippen LogP contribution in [0.4, 0.5) is 0 Å². The number of methoxy groups -OCH3 is 1. The molecule has 0 aromatic carbocycles. The highest BCUT2D eigenvalue weighted by atomic mass is 16.5. The van der Waals surface area contributed by atoms with E-state index in [1.54, 1.807) is 0 Å². The smallest absolute Gasteiger partial charge is 0.323 e.